The number of hydrogen-bond acceptors (Lipinski definition) is 4. The van der Waals surface area contributed by atoms with Crippen molar-refractivity contribution in [1.82, 2.24) is 9.97 Å². The highest BCUT2D eigenvalue weighted by atomic mass is 32.2. The highest BCUT2D eigenvalue weighted by molar-refractivity contribution is 7.92. The first-order chi connectivity index (χ1) is 8.90. The second kappa shape index (κ2) is 4.97. The topological polar surface area (TPSA) is 72.0 Å². The Morgan fingerprint density at radius 1 is 0.947 bits per heavy atom. The molecule has 0 unspecified atom stereocenters. The van der Waals surface area contributed by atoms with Gasteiger partial charge in [0.25, 0.3) is 10.0 Å². The summed E-state index contributed by atoms with van der Waals surface area (Å²) in [6.07, 6.45) is 0. The molecule has 2 rings (SSSR count). The standard InChI is InChI=1S/C13H15N3O2S/c1-9-10(2)14-13(15-11(9)3)16-19(17,18)12-7-5-4-6-8-12/h4-8H,1-3H3,(H,14,15,16). The first-order valence-corrected chi connectivity index (χ1v) is 7.28. The molecule has 6 heteroatoms. The van der Waals surface area contributed by atoms with Gasteiger partial charge in [-0.05, 0) is 38.5 Å². The van der Waals surface area contributed by atoms with Crippen molar-refractivity contribution in [3.8, 4) is 0 Å². The van der Waals surface area contributed by atoms with Crippen molar-refractivity contribution in [3.05, 3.63) is 47.3 Å². The Morgan fingerprint density at radius 3 is 2.00 bits per heavy atom. The summed E-state index contributed by atoms with van der Waals surface area (Å²) in [5.74, 6) is 0.101. The van der Waals surface area contributed by atoms with Crippen molar-refractivity contribution >= 4 is 16.0 Å². The largest absolute Gasteiger partial charge is 0.264 e. The number of nitrogens with one attached hydrogen (secondary N) is 1. The van der Waals surface area contributed by atoms with Crippen molar-refractivity contribution in [3.63, 3.8) is 0 Å². The quantitative estimate of drug-likeness (QED) is 0.933. The van der Waals surface area contributed by atoms with Crippen LogP contribution < -0.4 is 4.72 Å². The number of aromatic nitrogens is 2. The average Bonchev–Trinajstić information content (AvgIpc) is 2.36. The SMILES string of the molecule is Cc1nc(NS(=O)(=O)c2ccccc2)nc(C)c1C. The fraction of sp³-hybridized carbons (Fsp3) is 0.231. The van der Waals surface area contributed by atoms with E-state index in [0.717, 1.165) is 17.0 Å². The molecule has 1 heterocycles. The van der Waals surface area contributed by atoms with Crippen molar-refractivity contribution in [2.75, 3.05) is 4.72 Å². The van der Waals surface area contributed by atoms with Crippen molar-refractivity contribution < 1.29 is 8.42 Å². The summed E-state index contributed by atoms with van der Waals surface area (Å²) in [5, 5.41) is 0. The summed E-state index contributed by atoms with van der Waals surface area (Å²) in [5.41, 5.74) is 2.49. The third-order valence-corrected chi connectivity index (χ3v) is 4.26. The van der Waals surface area contributed by atoms with Gasteiger partial charge in [0.2, 0.25) is 5.95 Å². The van der Waals surface area contributed by atoms with Gasteiger partial charge in [-0.2, -0.15) is 0 Å². The normalized spacial score (nSPS) is 11.3. The van der Waals surface area contributed by atoms with Crippen LogP contribution in [0, 0.1) is 20.8 Å². The van der Waals surface area contributed by atoms with Crippen LogP contribution in [-0.4, -0.2) is 18.4 Å². The van der Waals surface area contributed by atoms with Crippen LogP contribution in [0.5, 0.6) is 0 Å². The molecular weight excluding hydrogens is 262 g/mol. The number of nitrogens with zero attached hydrogens (tertiary/aromatic N) is 2. The molecule has 0 amide bonds. The van der Waals surface area contributed by atoms with Crippen molar-refractivity contribution in [2.45, 2.75) is 25.7 Å². The Bertz CT molecular complexity index is 674. The molecule has 0 saturated heterocycles. The van der Waals surface area contributed by atoms with Gasteiger partial charge in [0.15, 0.2) is 0 Å². The van der Waals surface area contributed by atoms with E-state index in [1.165, 1.54) is 12.1 Å². The Kier molecular flexibility index (Phi) is 3.53. The van der Waals surface area contributed by atoms with E-state index in [4.69, 9.17) is 0 Å². The number of rotatable bonds is 3. The van der Waals surface area contributed by atoms with E-state index in [0.29, 0.717) is 0 Å². The van der Waals surface area contributed by atoms with Gasteiger partial charge in [-0.1, -0.05) is 18.2 Å². The summed E-state index contributed by atoms with van der Waals surface area (Å²) in [6, 6.07) is 8.14. The van der Waals surface area contributed by atoms with Gasteiger partial charge in [0.1, 0.15) is 0 Å². The Hall–Kier alpha value is -1.95. The third-order valence-electron chi connectivity index (χ3n) is 2.91. The maximum atomic E-state index is 12.1. The molecule has 1 aromatic heterocycles. The van der Waals surface area contributed by atoms with Gasteiger partial charge in [-0.3, -0.25) is 0 Å². The summed E-state index contributed by atoms with van der Waals surface area (Å²) in [7, 11) is -3.63. The molecule has 0 saturated carbocycles. The van der Waals surface area contributed by atoms with Gasteiger partial charge in [-0.25, -0.2) is 23.1 Å². The Balaban J connectivity index is 2.37. The molecular formula is C13H15N3O2S. The highest BCUT2D eigenvalue weighted by Gasteiger charge is 2.16. The molecule has 19 heavy (non-hydrogen) atoms. The minimum atomic E-state index is -3.63. The number of anilines is 1. The lowest BCUT2D eigenvalue weighted by molar-refractivity contribution is 0.600. The summed E-state index contributed by atoms with van der Waals surface area (Å²) >= 11 is 0. The van der Waals surface area contributed by atoms with E-state index in [1.807, 2.05) is 20.8 Å². The lowest BCUT2D eigenvalue weighted by Gasteiger charge is -2.09. The molecule has 0 aliphatic carbocycles. The number of hydrogen-bond donors (Lipinski definition) is 1. The summed E-state index contributed by atoms with van der Waals surface area (Å²) < 4.78 is 26.6. The fourth-order valence-corrected chi connectivity index (χ4v) is 2.56. The smallest absolute Gasteiger partial charge is 0.247 e. The molecule has 0 aliphatic rings. The maximum absolute atomic E-state index is 12.1. The number of benzene rings is 1. The van der Waals surface area contributed by atoms with Gasteiger partial charge >= 0.3 is 0 Å². The first kappa shape index (κ1) is 13.5. The minimum Gasteiger partial charge on any atom is -0.247 e. The third kappa shape index (κ3) is 2.90. The first-order valence-electron chi connectivity index (χ1n) is 5.80. The average molecular weight is 277 g/mol. The molecule has 1 aromatic carbocycles. The molecule has 0 radical (unpaired) electrons. The Morgan fingerprint density at radius 2 is 1.47 bits per heavy atom. The second-order valence-corrected chi connectivity index (χ2v) is 5.94. The van der Waals surface area contributed by atoms with Crippen LogP contribution in [0.1, 0.15) is 17.0 Å². The van der Waals surface area contributed by atoms with Crippen molar-refractivity contribution in [2.24, 2.45) is 0 Å². The molecule has 0 bridgehead atoms. The second-order valence-electron chi connectivity index (χ2n) is 4.26. The van der Waals surface area contributed by atoms with Crippen LogP contribution in [0.15, 0.2) is 35.2 Å². The molecule has 1 N–H and O–H groups in total. The van der Waals surface area contributed by atoms with Gasteiger partial charge in [-0.15, -0.1) is 0 Å². The maximum Gasteiger partial charge on any atom is 0.264 e. The van der Waals surface area contributed by atoms with E-state index in [9.17, 15) is 8.42 Å². The van der Waals surface area contributed by atoms with Crippen LogP contribution in [0.25, 0.3) is 0 Å². The van der Waals surface area contributed by atoms with E-state index in [2.05, 4.69) is 14.7 Å². The Labute approximate surface area is 112 Å². The fourth-order valence-electron chi connectivity index (χ4n) is 1.60. The van der Waals surface area contributed by atoms with E-state index < -0.39 is 10.0 Å². The zero-order valence-electron chi connectivity index (χ0n) is 11.0. The van der Waals surface area contributed by atoms with Crippen LogP contribution >= 0.6 is 0 Å². The van der Waals surface area contributed by atoms with Crippen LogP contribution in [0.2, 0.25) is 0 Å². The molecule has 0 aliphatic heterocycles. The molecule has 100 valence electrons. The summed E-state index contributed by atoms with van der Waals surface area (Å²) in [6.45, 7) is 5.55. The molecule has 0 atom stereocenters. The zero-order chi connectivity index (χ0) is 14.0. The van der Waals surface area contributed by atoms with E-state index in [-0.39, 0.29) is 10.8 Å². The predicted molar refractivity (Wildman–Crippen MR) is 73.5 cm³/mol. The van der Waals surface area contributed by atoms with Crippen molar-refractivity contribution in [1.29, 1.82) is 0 Å². The van der Waals surface area contributed by atoms with Gasteiger partial charge in [0.05, 0.1) is 4.90 Å². The van der Waals surface area contributed by atoms with Crippen LogP contribution in [-0.2, 0) is 10.0 Å². The minimum absolute atomic E-state index is 0.101. The lowest BCUT2D eigenvalue weighted by Crippen LogP contribution is -2.16. The molecule has 2 aromatic rings. The van der Waals surface area contributed by atoms with Gasteiger partial charge < -0.3 is 0 Å². The monoisotopic (exact) mass is 277 g/mol. The summed E-state index contributed by atoms with van der Waals surface area (Å²) in [4.78, 5) is 8.48. The predicted octanol–water partition coefficient (Wildman–Crippen LogP) is 2.20. The van der Waals surface area contributed by atoms with Crippen LogP contribution in [0.4, 0.5) is 5.95 Å². The molecule has 0 spiro atoms. The zero-order valence-corrected chi connectivity index (χ0v) is 11.8. The molecule has 0 fully saturated rings. The number of sulfonamides is 1. The van der Waals surface area contributed by atoms with Crippen LogP contribution in [0.3, 0.4) is 0 Å². The lowest BCUT2D eigenvalue weighted by atomic mass is 10.2. The highest BCUT2D eigenvalue weighted by Crippen LogP contribution is 2.15. The van der Waals surface area contributed by atoms with E-state index in [1.54, 1.807) is 18.2 Å². The van der Waals surface area contributed by atoms with E-state index >= 15 is 0 Å². The van der Waals surface area contributed by atoms with Gasteiger partial charge in [0, 0.05) is 11.4 Å². The molecule has 5 nitrogen and oxygen atoms in total. The number of aryl methyl sites for hydroxylation is 2.